The number of aliphatic imine (C=N–C) groups is 1. The molecular formula is C22H30N6O2S. The second-order valence-corrected chi connectivity index (χ2v) is 8.21. The number of fused-ring (bicyclic) bond motifs is 1. The number of ether oxygens (including phenoxy) is 2. The third kappa shape index (κ3) is 5.55. The molecule has 1 fully saturated rings. The highest BCUT2D eigenvalue weighted by molar-refractivity contribution is 7.15. The summed E-state index contributed by atoms with van der Waals surface area (Å²) in [7, 11) is 1.69. The highest BCUT2D eigenvalue weighted by Gasteiger charge is 2.23. The summed E-state index contributed by atoms with van der Waals surface area (Å²) in [5, 5.41) is 8.92. The summed E-state index contributed by atoms with van der Waals surface area (Å²) in [6, 6.07) is 8.54. The van der Waals surface area contributed by atoms with E-state index in [4.69, 9.17) is 14.5 Å². The minimum Gasteiger partial charge on any atom is -0.497 e. The number of nitrogens with zero attached hydrogens (tertiary/aromatic N) is 4. The van der Waals surface area contributed by atoms with Gasteiger partial charge in [0.05, 0.1) is 38.6 Å². The van der Waals surface area contributed by atoms with Gasteiger partial charge in [0.1, 0.15) is 5.75 Å². The summed E-state index contributed by atoms with van der Waals surface area (Å²) >= 11 is 1.63. The van der Waals surface area contributed by atoms with E-state index in [0.717, 1.165) is 61.8 Å². The highest BCUT2D eigenvalue weighted by Crippen LogP contribution is 2.23. The van der Waals surface area contributed by atoms with Crippen LogP contribution in [0.4, 0.5) is 0 Å². The molecule has 3 aromatic rings. The summed E-state index contributed by atoms with van der Waals surface area (Å²) in [6.07, 6.45) is 4.05. The molecule has 31 heavy (non-hydrogen) atoms. The van der Waals surface area contributed by atoms with Crippen LogP contribution in [0.3, 0.4) is 0 Å². The van der Waals surface area contributed by atoms with E-state index in [-0.39, 0.29) is 6.04 Å². The molecule has 1 atom stereocenters. The van der Waals surface area contributed by atoms with Gasteiger partial charge >= 0.3 is 0 Å². The standard InChI is InChI=1S/C22H30N6O2S/c1-3-23-21(24-14-18-16-28-10-13-31-22(28)26-18)25-15-20(27-8-11-30-12-9-27)17-4-6-19(29-2)7-5-17/h4-7,10,13,16,20H,3,8-9,11-12,14-15H2,1-2H3,(H2,23,24,25). The van der Waals surface area contributed by atoms with E-state index in [1.54, 1.807) is 18.4 Å². The van der Waals surface area contributed by atoms with Crippen molar-refractivity contribution in [3.63, 3.8) is 0 Å². The van der Waals surface area contributed by atoms with Gasteiger partial charge < -0.3 is 20.1 Å². The number of hydrogen-bond donors (Lipinski definition) is 2. The van der Waals surface area contributed by atoms with Gasteiger partial charge in [-0.25, -0.2) is 9.98 Å². The van der Waals surface area contributed by atoms with Gasteiger partial charge in [0.15, 0.2) is 10.9 Å². The van der Waals surface area contributed by atoms with Gasteiger partial charge in [-0.05, 0) is 24.6 Å². The lowest BCUT2D eigenvalue weighted by Gasteiger charge is -2.35. The SMILES string of the molecule is CCNC(=NCc1cn2ccsc2n1)NCC(c1ccc(OC)cc1)N1CCOCC1. The van der Waals surface area contributed by atoms with Crippen LogP contribution >= 0.6 is 11.3 Å². The molecule has 1 aromatic carbocycles. The first-order valence-electron chi connectivity index (χ1n) is 10.7. The van der Waals surface area contributed by atoms with Crippen molar-refractivity contribution < 1.29 is 9.47 Å². The van der Waals surface area contributed by atoms with Gasteiger partial charge in [-0.3, -0.25) is 9.30 Å². The van der Waals surface area contributed by atoms with E-state index < -0.39 is 0 Å². The predicted molar refractivity (Wildman–Crippen MR) is 124 cm³/mol. The van der Waals surface area contributed by atoms with Crippen LogP contribution in [0.2, 0.25) is 0 Å². The van der Waals surface area contributed by atoms with Gasteiger partial charge in [0, 0.05) is 44.0 Å². The summed E-state index contributed by atoms with van der Waals surface area (Å²) in [4.78, 5) is 12.8. The Morgan fingerprint density at radius 2 is 2.06 bits per heavy atom. The fraction of sp³-hybridized carbons (Fsp3) is 0.455. The van der Waals surface area contributed by atoms with Gasteiger partial charge in [0.25, 0.3) is 0 Å². The van der Waals surface area contributed by atoms with E-state index in [1.807, 2.05) is 34.3 Å². The van der Waals surface area contributed by atoms with E-state index in [1.165, 1.54) is 5.56 Å². The number of thiazole rings is 1. The largest absolute Gasteiger partial charge is 0.497 e. The molecule has 0 aliphatic carbocycles. The quantitative estimate of drug-likeness (QED) is 0.413. The lowest BCUT2D eigenvalue weighted by molar-refractivity contribution is 0.0170. The van der Waals surface area contributed by atoms with Gasteiger partial charge in [-0.2, -0.15) is 0 Å². The average molecular weight is 443 g/mol. The van der Waals surface area contributed by atoms with Crippen LogP contribution in [0.25, 0.3) is 4.96 Å². The molecule has 0 spiro atoms. The maximum absolute atomic E-state index is 5.57. The Kier molecular flexibility index (Phi) is 7.39. The van der Waals surface area contributed by atoms with Crippen molar-refractivity contribution in [2.45, 2.75) is 19.5 Å². The molecule has 2 N–H and O–H groups in total. The van der Waals surface area contributed by atoms with Crippen LogP contribution in [0.1, 0.15) is 24.2 Å². The third-order valence-electron chi connectivity index (χ3n) is 5.34. The second-order valence-electron chi connectivity index (χ2n) is 7.34. The maximum atomic E-state index is 5.57. The zero-order valence-electron chi connectivity index (χ0n) is 18.1. The van der Waals surface area contributed by atoms with E-state index in [0.29, 0.717) is 6.54 Å². The Labute approximate surface area is 186 Å². The molecule has 0 radical (unpaired) electrons. The van der Waals surface area contributed by atoms with Gasteiger partial charge in [0.2, 0.25) is 0 Å². The summed E-state index contributed by atoms with van der Waals surface area (Å²) < 4.78 is 12.9. The molecular weight excluding hydrogens is 412 g/mol. The Balaban J connectivity index is 1.46. The van der Waals surface area contributed by atoms with Crippen LogP contribution in [0.5, 0.6) is 5.75 Å². The smallest absolute Gasteiger partial charge is 0.193 e. The molecule has 0 amide bonds. The Morgan fingerprint density at radius 1 is 1.26 bits per heavy atom. The Morgan fingerprint density at radius 3 is 2.77 bits per heavy atom. The number of guanidine groups is 1. The van der Waals surface area contributed by atoms with Crippen molar-refractivity contribution >= 4 is 22.3 Å². The first-order chi connectivity index (χ1) is 15.3. The van der Waals surface area contributed by atoms with Crippen LogP contribution in [-0.4, -0.2) is 66.7 Å². The molecule has 0 bridgehead atoms. The lowest BCUT2D eigenvalue weighted by atomic mass is 10.0. The molecule has 166 valence electrons. The number of morpholine rings is 1. The molecule has 8 nitrogen and oxygen atoms in total. The van der Waals surface area contributed by atoms with Crippen molar-refractivity contribution in [1.29, 1.82) is 0 Å². The van der Waals surface area contributed by atoms with Crippen LogP contribution in [-0.2, 0) is 11.3 Å². The van der Waals surface area contributed by atoms with Crippen molar-refractivity contribution in [3.8, 4) is 5.75 Å². The number of rotatable bonds is 8. The van der Waals surface area contributed by atoms with Gasteiger partial charge in [-0.15, -0.1) is 11.3 Å². The molecule has 3 heterocycles. The fourth-order valence-electron chi connectivity index (χ4n) is 3.72. The number of imidazole rings is 1. The first kappa shape index (κ1) is 21.6. The lowest BCUT2D eigenvalue weighted by Crippen LogP contribution is -2.46. The Hall–Kier alpha value is -2.62. The number of nitrogens with one attached hydrogen (secondary N) is 2. The minimum atomic E-state index is 0.219. The topological polar surface area (TPSA) is 75.4 Å². The van der Waals surface area contributed by atoms with E-state index in [9.17, 15) is 0 Å². The fourth-order valence-corrected chi connectivity index (χ4v) is 4.44. The van der Waals surface area contributed by atoms with Crippen LogP contribution in [0, 0.1) is 0 Å². The first-order valence-corrected chi connectivity index (χ1v) is 11.5. The van der Waals surface area contributed by atoms with E-state index >= 15 is 0 Å². The molecule has 1 aliphatic rings. The number of benzene rings is 1. The van der Waals surface area contributed by atoms with Crippen LogP contribution < -0.4 is 15.4 Å². The summed E-state index contributed by atoms with van der Waals surface area (Å²) in [6.45, 7) is 7.51. The van der Waals surface area contributed by atoms with Crippen molar-refractivity contribution in [3.05, 3.63) is 53.3 Å². The van der Waals surface area contributed by atoms with E-state index in [2.05, 4.69) is 39.6 Å². The molecule has 2 aromatic heterocycles. The molecule has 9 heteroatoms. The third-order valence-corrected chi connectivity index (χ3v) is 6.11. The average Bonchev–Trinajstić information content (AvgIpc) is 3.41. The molecule has 1 saturated heterocycles. The molecule has 0 saturated carbocycles. The predicted octanol–water partition coefficient (Wildman–Crippen LogP) is 2.53. The monoisotopic (exact) mass is 442 g/mol. The molecule has 1 unspecified atom stereocenters. The van der Waals surface area contributed by atoms with Gasteiger partial charge in [-0.1, -0.05) is 12.1 Å². The second kappa shape index (κ2) is 10.6. The zero-order chi connectivity index (χ0) is 21.5. The highest BCUT2D eigenvalue weighted by atomic mass is 32.1. The van der Waals surface area contributed by atoms with Crippen molar-refractivity contribution in [2.24, 2.45) is 4.99 Å². The van der Waals surface area contributed by atoms with Crippen molar-refractivity contribution in [1.82, 2.24) is 24.9 Å². The maximum Gasteiger partial charge on any atom is 0.193 e. The molecule has 1 aliphatic heterocycles. The normalized spacial score (nSPS) is 16.4. The number of hydrogen-bond acceptors (Lipinski definition) is 6. The summed E-state index contributed by atoms with van der Waals surface area (Å²) in [5.41, 5.74) is 2.21. The summed E-state index contributed by atoms with van der Waals surface area (Å²) in [5.74, 6) is 1.66. The molecule has 4 rings (SSSR count). The minimum absolute atomic E-state index is 0.219. The Bertz CT molecular complexity index is 949. The number of aromatic nitrogens is 2. The van der Waals surface area contributed by atoms with Crippen LogP contribution in [0.15, 0.2) is 47.0 Å². The number of methoxy groups -OCH3 is 1. The zero-order valence-corrected chi connectivity index (χ0v) is 18.9. The van der Waals surface area contributed by atoms with Crippen molar-refractivity contribution in [2.75, 3.05) is 46.5 Å².